The van der Waals surface area contributed by atoms with Crippen molar-refractivity contribution in [2.75, 3.05) is 25.0 Å². The van der Waals surface area contributed by atoms with Gasteiger partial charge in [0.05, 0.1) is 17.3 Å². The number of ether oxygens (including phenoxy) is 1. The lowest BCUT2D eigenvalue weighted by atomic mass is 10.1. The molecule has 0 amide bonds. The molecule has 9 heteroatoms. The molecule has 1 unspecified atom stereocenters. The van der Waals surface area contributed by atoms with Gasteiger partial charge in [0.25, 0.3) is 0 Å². The highest BCUT2D eigenvalue weighted by Gasteiger charge is 2.21. The molecule has 0 saturated carbocycles. The van der Waals surface area contributed by atoms with Crippen LogP contribution in [0.1, 0.15) is 44.4 Å². The molecule has 4 rings (SSSR count). The highest BCUT2D eigenvalue weighted by atomic mass is 35.5. The lowest BCUT2D eigenvalue weighted by molar-refractivity contribution is 0.227. The number of hydrogen-bond acceptors (Lipinski definition) is 5. The molecule has 0 spiro atoms. The molecule has 0 aliphatic carbocycles. The third-order valence-corrected chi connectivity index (χ3v) is 6.32. The molecule has 2 N–H and O–H groups in total. The van der Waals surface area contributed by atoms with Crippen molar-refractivity contribution >= 4 is 29.0 Å². The number of piperidine rings is 1. The van der Waals surface area contributed by atoms with Crippen molar-refractivity contribution in [2.45, 2.75) is 38.8 Å². The summed E-state index contributed by atoms with van der Waals surface area (Å²) in [6, 6.07) is 5.03. The largest absolute Gasteiger partial charge is 0.482 e. The Bertz CT molecular complexity index is 1080. The molecular weight excluding hydrogens is 452 g/mol. The van der Waals surface area contributed by atoms with Gasteiger partial charge < -0.3 is 15.4 Å². The number of nitrogens with one attached hydrogen (secondary N) is 2. The van der Waals surface area contributed by atoms with Crippen molar-refractivity contribution < 1.29 is 9.13 Å². The van der Waals surface area contributed by atoms with Crippen molar-refractivity contribution in [3.8, 4) is 16.9 Å². The molecule has 1 saturated heterocycles. The molecule has 1 atom stereocenters. The Balaban J connectivity index is 1.63. The van der Waals surface area contributed by atoms with E-state index in [0.29, 0.717) is 34.7 Å². The van der Waals surface area contributed by atoms with Crippen LogP contribution >= 0.6 is 23.2 Å². The highest BCUT2D eigenvalue weighted by molar-refractivity contribution is 6.36. The monoisotopic (exact) mass is 477 g/mol. The van der Waals surface area contributed by atoms with Crippen LogP contribution in [0.5, 0.6) is 5.75 Å². The van der Waals surface area contributed by atoms with Gasteiger partial charge in [0, 0.05) is 40.7 Å². The Morgan fingerprint density at radius 1 is 1.25 bits per heavy atom. The van der Waals surface area contributed by atoms with Gasteiger partial charge in [0.15, 0.2) is 11.6 Å². The fourth-order valence-electron chi connectivity index (χ4n) is 3.92. The number of rotatable bonds is 7. The predicted molar refractivity (Wildman–Crippen MR) is 126 cm³/mol. The van der Waals surface area contributed by atoms with E-state index in [4.69, 9.17) is 27.9 Å². The van der Waals surface area contributed by atoms with Gasteiger partial charge in [0.2, 0.25) is 0 Å². The standard InChI is InChI=1S/C23H26Cl2FN5O/c1-3-28-23-20(32-14(2)21-18(24)4-5-19(26)22(21)25)10-15(11-29-23)16-12-30-31(13-16)17-6-8-27-9-7-17/h4-5,10-14,17,27H,3,6-9H2,1-2H3,(H,28,29). The molecule has 170 valence electrons. The second-order valence-corrected chi connectivity index (χ2v) is 8.59. The Hall–Kier alpha value is -2.35. The van der Waals surface area contributed by atoms with Crippen molar-refractivity contribution in [2.24, 2.45) is 0 Å². The maximum absolute atomic E-state index is 14.0. The molecule has 32 heavy (non-hydrogen) atoms. The van der Waals surface area contributed by atoms with E-state index in [-0.39, 0.29) is 5.02 Å². The Kier molecular flexibility index (Phi) is 7.18. The second kappa shape index (κ2) is 10.1. The molecule has 3 aromatic rings. The number of anilines is 1. The number of halogens is 3. The van der Waals surface area contributed by atoms with E-state index in [1.54, 1.807) is 13.1 Å². The number of benzene rings is 1. The van der Waals surface area contributed by atoms with E-state index < -0.39 is 11.9 Å². The summed E-state index contributed by atoms with van der Waals surface area (Å²) in [6.45, 7) is 6.43. The van der Waals surface area contributed by atoms with Crippen LogP contribution in [0.3, 0.4) is 0 Å². The van der Waals surface area contributed by atoms with Crippen molar-refractivity contribution in [1.82, 2.24) is 20.1 Å². The quantitative estimate of drug-likeness (QED) is 0.415. The van der Waals surface area contributed by atoms with Crippen LogP contribution in [-0.2, 0) is 0 Å². The maximum atomic E-state index is 14.0. The summed E-state index contributed by atoms with van der Waals surface area (Å²) in [5.41, 5.74) is 2.24. The number of hydrogen-bond donors (Lipinski definition) is 2. The average molecular weight is 478 g/mol. The van der Waals surface area contributed by atoms with E-state index in [9.17, 15) is 4.39 Å². The molecule has 1 aliphatic rings. The van der Waals surface area contributed by atoms with Gasteiger partial charge in [-0.15, -0.1) is 0 Å². The Labute approximate surface area is 197 Å². The number of pyridine rings is 1. The molecule has 2 aromatic heterocycles. The van der Waals surface area contributed by atoms with Crippen molar-refractivity contribution in [1.29, 1.82) is 0 Å². The lowest BCUT2D eigenvalue weighted by Gasteiger charge is -2.22. The minimum absolute atomic E-state index is 0.0395. The molecule has 1 aliphatic heterocycles. The van der Waals surface area contributed by atoms with Crippen molar-refractivity contribution in [3.63, 3.8) is 0 Å². The summed E-state index contributed by atoms with van der Waals surface area (Å²) in [5, 5.41) is 11.5. The van der Waals surface area contributed by atoms with Crippen LogP contribution < -0.4 is 15.4 Å². The van der Waals surface area contributed by atoms with E-state index >= 15 is 0 Å². The number of aromatic nitrogens is 3. The van der Waals surface area contributed by atoms with Crippen LogP contribution in [0.4, 0.5) is 10.2 Å². The van der Waals surface area contributed by atoms with E-state index in [1.807, 2.05) is 30.1 Å². The zero-order valence-electron chi connectivity index (χ0n) is 18.0. The van der Waals surface area contributed by atoms with Crippen LogP contribution in [-0.4, -0.2) is 34.4 Å². The highest BCUT2D eigenvalue weighted by Crippen LogP contribution is 2.37. The van der Waals surface area contributed by atoms with Gasteiger partial charge in [-0.1, -0.05) is 23.2 Å². The number of nitrogens with zero attached hydrogens (tertiary/aromatic N) is 3. The fourth-order valence-corrected chi connectivity index (χ4v) is 4.59. The summed E-state index contributed by atoms with van der Waals surface area (Å²) in [4.78, 5) is 4.55. The summed E-state index contributed by atoms with van der Waals surface area (Å²) in [6.07, 6.45) is 7.21. The van der Waals surface area contributed by atoms with Gasteiger partial charge >= 0.3 is 0 Å². The maximum Gasteiger partial charge on any atom is 0.168 e. The molecule has 0 bridgehead atoms. The minimum atomic E-state index is -0.586. The first-order valence-corrected chi connectivity index (χ1v) is 11.5. The van der Waals surface area contributed by atoms with Gasteiger partial charge in [-0.25, -0.2) is 9.37 Å². The molecule has 3 heterocycles. The van der Waals surface area contributed by atoms with Gasteiger partial charge in [-0.05, 0) is 58.0 Å². The first-order valence-electron chi connectivity index (χ1n) is 10.8. The average Bonchev–Trinajstić information content (AvgIpc) is 3.29. The Morgan fingerprint density at radius 3 is 2.78 bits per heavy atom. The summed E-state index contributed by atoms with van der Waals surface area (Å²) < 4.78 is 22.2. The smallest absolute Gasteiger partial charge is 0.168 e. The normalized spacial score (nSPS) is 15.5. The summed E-state index contributed by atoms with van der Waals surface area (Å²) in [5.74, 6) is 0.589. The summed E-state index contributed by atoms with van der Waals surface area (Å²) >= 11 is 12.5. The Morgan fingerprint density at radius 2 is 2.03 bits per heavy atom. The van der Waals surface area contributed by atoms with Crippen molar-refractivity contribution in [3.05, 3.63) is 58.2 Å². The first-order chi connectivity index (χ1) is 15.5. The van der Waals surface area contributed by atoms with Gasteiger partial charge in [-0.2, -0.15) is 5.10 Å². The van der Waals surface area contributed by atoms with Gasteiger partial charge in [0.1, 0.15) is 11.9 Å². The second-order valence-electron chi connectivity index (χ2n) is 7.81. The van der Waals surface area contributed by atoms with Crippen LogP contribution in [0.25, 0.3) is 11.1 Å². The molecule has 6 nitrogen and oxygen atoms in total. The van der Waals surface area contributed by atoms with E-state index in [2.05, 4.69) is 20.7 Å². The molecule has 1 aromatic carbocycles. The topological polar surface area (TPSA) is 64.0 Å². The molecular formula is C23H26Cl2FN5O. The van der Waals surface area contributed by atoms with Crippen LogP contribution in [0.15, 0.2) is 36.8 Å². The van der Waals surface area contributed by atoms with Crippen LogP contribution in [0, 0.1) is 5.82 Å². The zero-order chi connectivity index (χ0) is 22.7. The SMILES string of the molecule is CCNc1ncc(-c2cnn(C3CCNCC3)c2)cc1OC(C)c1c(Cl)ccc(F)c1Cl. The van der Waals surface area contributed by atoms with E-state index in [1.165, 1.54) is 12.1 Å². The minimum Gasteiger partial charge on any atom is -0.482 e. The third-order valence-electron chi connectivity index (χ3n) is 5.60. The van der Waals surface area contributed by atoms with E-state index in [0.717, 1.165) is 37.1 Å². The summed E-state index contributed by atoms with van der Waals surface area (Å²) in [7, 11) is 0. The molecule has 1 fully saturated rings. The molecule has 0 radical (unpaired) electrons. The first kappa shape index (κ1) is 22.8. The van der Waals surface area contributed by atoms with Crippen LogP contribution in [0.2, 0.25) is 10.0 Å². The van der Waals surface area contributed by atoms with Gasteiger partial charge in [-0.3, -0.25) is 4.68 Å². The lowest BCUT2D eigenvalue weighted by Crippen LogP contribution is -2.29. The predicted octanol–water partition coefficient (Wildman–Crippen LogP) is 5.89. The third kappa shape index (κ3) is 4.85. The zero-order valence-corrected chi connectivity index (χ0v) is 19.5. The fraction of sp³-hybridized carbons (Fsp3) is 0.391.